The van der Waals surface area contributed by atoms with Crippen LogP contribution in [0.2, 0.25) is 0 Å². The van der Waals surface area contributed by atoms with E-state index in [0.29, 0.717) is 5.41 Å². The summed E-state index contributed by atoms with van der Waals surface area (Å²) in [4.78, 5) is 7.34. The summed E-state index contributed by atoms with van der Waals surface area (Å²) in [6.07, 6.45) is 2.67. The van der Waals surface area contributed by atoms with Crippen molar-refractivity contribution in [1.82, 2.24) is 15.2 Å². The minimum absolute atomic E-state index is 0.542. The average molecular weight is 303 g/mol. The van der Waals surface area contributed by atoms with Crippen molar-refractivity contribution in [3.05, 3.63) is 23.2 Å². The monoisotopic (exact) mass is 303 g/mol. The van der Waals surface area contributed by atoms with E-state index in [2.05, 4.69) is 22.3 Å². The molecule has 2 aliphatic heterocycles. The van der Waals surface area contributed by atoms with Gasteiger partial charge in [-0.15, -0.1) is 11.3 Å². The van der Waals surface area contributed by atoms with Crippen molar-refractivity contribution in [3.8, 4) is 5.75 Å². The largest absolute Gasteiger partial charge is 0.497 e. The lowest BCUT2D eigenvalue weighted by Crippen LogP contribution is -2.28. The third-order valence-corrected chi connectivity index (χ3v) is 5.85. The van der Waals surface area contributed by atoms with Crippen LogP contribution in [-0.2, 0) is 6.54 Å². The second-order valence-corrected chi connectivity index (χ2v) is 7.44. The molecule has 2 aliphatic rings. The Bertz CT molecular complexity index is 648. The Labute approximate surface area is 129 Å². The number of aromatic nitrogens is 1. The van der Waals surface area contributed by atoms with Gasteiger partial charge in [0.15, 0.2) is 0 Å². The van der Waals surface area contributed by atoms with Crippen molar-refractivity contribution in [2.24, 2.45) is 5.41 Å². The fraction of sp³-hybridized carbons (Fsp3) is 0.562. The lowest BCUT2D eigenvalue weighted by molar-refractivity contribution is 0.268. The minimum atomic E-state index is 0.542. The predicted molar refractivity (Wildman–Crippen MR) is 86.0 cm³/mol. The molecule has 0 aliphatic carbocycles. The van der Waals surface area contributed by atoms with Crippen molar-refractivity contribution in [1.29, 1.82) is 0 Å². The number of benzene rings is 1. The molecule has 4 rings (SSSR count). The normalized spacial score (nSPS) is 26.1. The Kier molecular flexibility index (Phi) is 3.36. The molecule has 4 nitrogen and oxygen atoms in total. The summed E-state index contributed by atoms with van der Waals surface area (Å²) in [5.74, 6) is 0.912. The third-order valence-electron chi connectivity index (χ3n) is 4.85. The number of hydrogen-bond donors (Lipinski definition) is 1. The number of fused-ring (bicyclic) bond motifs is 1. The van der Waals surface area contributed by atoms with Crippen LogP contribution in [0.5, 0.6) is 5.75 Å². The second kappa shape index (κ2) is 5.23. The highest BCUT2D eigenvalue weighted by Gasteiger charge is 2.40. The van der Waals surface area contributed by atoms with Gasteiger partial charge in [-0.1, -0.05) is 0 Å². The van der Waals surface area contributed by atoms with Gasteiger partial charge >= 0.3 is 0 Å². The minimum Gasteiger partial charge on any atom is -0.497 e. The van der Waals surface area contributed by atoms with E-state index in [1.54, 1.807) is 18.4 Å². The molecular weight excluding hydrogens is 282 g/mol. The maximum Gasteiger partial charge on any atom is 0.120 e. The van der Waals surface area contributed by atoms with Crippen LogP contribution in [0.25, 0.3) is 10.2 Å². The molecule has 0 radical (unpaired) electrons. The number of thiazole rings is 1. The maximum atomic E-state index is 5.29. The summed E-state index contributed by atoms with van der Waals surface area (Å²) in [5, 5.41) is 4.74. The van der Waals surface area contributed by atoms with E-state index < -0.39 is 0 Å². The molecule has 0 bridgehead atoms. The number of nitrogens with one attached hydrogen (secondary N) is 1. The number of hydrogen-bond acceptors (Lipinski definition) is 5. The molecule has 1 N–H and O–H groups in total. The first-order valence-corrected chi connectivity index (χ1v) is 8.45. The first-order valence-electron chi connectivity index (χ1n) is 7.63. The van der Waals surface area contributed by atoms with Gasteiger partial charge in [0.1, 0.15) is 10.8 Å². The molecule has 2 fully saturated rings. The molecule has 0 saturated carbocycles. The zero-order chi connectivity index (χ0) is 14.3. The highest BCUT2D eigenvalue weighted by atomic mass is 32.1. The van der Waals surface area contributed by atoms with Gasteiger partial charge in [0.2, 0.25) is 0 Å². The van der Waals surface area contributed by atoms with Gasteiger partial charge in [0.25, 0.3) is 0 Å². The summed E-state index contributed by atoms with van der Waals surface area (Å²) in [6, 6.07) is 6.13. The average Bonchev–Trinajstić information content (AvgIpc) is 3.20. The Hall–Kier alpha value is -1.17. The van der Waals surface area contributed by atoms with E-state index >= 15 is 0 Å². The molecule has 2 aromatic rings. The lowest BCUT2D eigenvalue weighted by Gasteiger charge is -2.22. The van der Waals surface area contributed by atoms with Crippen LogP contribution in [0.3, 0.4) is 0 Å². The van der Waals surface area contributed by atoms with Crippen LogP contribution in [-0.4, -0.2) is 43.2 Å². The van der Waals surface area contributed by atoms with Crippen molar-refractivity contribution in [2.45, 2.75) is 19.4 Å². The second-order valence-electron chi connectivity index (χ2n) is 6.33. The molecule has 3 heterocycles. The van der Waals surface area contributed by atoms with Crippen LogP contribution in [0.4, 0.5) is 0 Å². The summed E-state index contributed by atoms with van der Waals surface area (Å²) in [5.41, 5.74) is 1.63. The summed E-state index contributed by atoms with van der Waals surface area (Å²) in [6.45, 7) is 5.80. The molecule has 1 spiro atoms. The van der Waals surface area contributed by atoms with Crippen molar-refractivity contribution in [3.63, 3.8) is 0 Å². The Morgan fingerprint density at radius 2 is 2.38 bits per heavy atom. The number of likely N-dealkylation sites (tertiary alicyclic amines) is 1. The van der Waals surface area contributed by atoms with E-state index in [-0.39, 0.29) is 0 Å². The van der Waals surface area contributed by atoms with E-state index in [4.69, 9.17) is 9.72 Å². The third kappa shape index (κ3) is 2.54. The van der Waals surface area contributed by atoms with Gasteiger partial charge < -0.3 is 10.1 Å². The molecule has 112 valence electrons. The van der Waals surface area contributed by atoms with Gasteiger partial charge in [-0.05, 0) is 49.5 Å². The van der Waals surface area contributed by atoms with E-state index in [9.17, 15) is 0 Å². The molecule has 5 heteroatoms. The van der Waals surface area contributed by atoms with Gasteiger partial charge in [0, 0.05) is 13.1 Å². The SMILES string of the molecule is COc1ccc2nc(CN3CCC4(CCNC4)C3)sc2c1. The summed E-state index contributed by atoms with van der Waals surface area (Å²) >= 11 is 1.80. The van der Waals surface area contributed by atoms with E-state index in [1.165, 1.54) is 48.7 Å². The van der Waals surface area contributed by atoms with Crippen LogP contribution in [0.15, 0.2) is 18.2 Å². The quantitative estimate of drug-likeness (QED) is 0.945. The lowest BCUT2D eigenvalue weighted by atomic mass is 9.87. The van der Waals surface area contributed by atoms with Gasteiger partial charge in [-0.3, -0.25) is 4.90 Å². The highest BCUT2D eigenvalue weighted by Crippen LogP contribution is 2.37. The van der Waals surface area contributed by atoms with E-state index in [0.717, 1.165) is 17.8 Å². The zero-order valence-corrected chi connectivity index (χ0v) is 13.2. The highest BCUT2D eigenvalue weighted by molar-refractivity contribution is 7.18. The Morgan fingerprint density at radius 1 is 1.43 bits per heavy atom. The van der Waals surface area contributed by atoms with Crippen LogP contribution >= 0.6 is 11.3 Å². The molecule has 21 heavy (non-hydrogen) atoms. The van der Waals surface area contributed by atoms with Gasteiger partial charge in [0.05, 0.1) is 23.9 Å². The standard InChI is InChI=1S/C16H21N3OS/c1-20-12-2-3-13-14(8-12)21-15(18-13)9-19-7-5-16(11-19)4-6-17-10-16/h2-3,8,17H,4-7,9-11H2,1H3. The molecular formula is C16H21N3OS. The van der Waals surface area contributed by atoms with Gasteiger partial charge in [-0.25, -0.2) is 4.98 Å². The predicted octanol–water partition coefficient (Wildman–Crippen LogP) is 2.49. The number of nitrogens with zero attached hydrogens (tertiary/aromatic N) is 2. The van der Waals surface area contributed by atoms with Crippen molar-refractivity contribution >= 4 is 21.6 Å². The van der Waals surface area contributed by atoms with Crippen LogP contribution in [0, 0.1) is 5.41 Å². The Morgan fingerprint density at radius 3 is 3.19 bits per heavy atom. The number of ether oxygens (including phenoxy) is 1. The van der Waals surface area contributed by atoms with Gasteiger partial charge in [-0.2, -0.15) is 0 Å². The fourth-order valence-electron chi connectivity index (χ4n) is 3.65. The van der Waals surface area contributed by atoms with Crippen molar-refractivity contribution < 1.29 is 4.74 Å². The first kappa shape index (κ1) is 13.5. The molecule has 2 saturated heterocycles. The van der Waals surface area contributed by atoms with Crippen molar-refractivity contribution in [2.75, 3.05) is 33.3 Å². The topological polar surface area (TPSA) is 37.4 Å². The molecule has 0 amide bonds. The number of rotatable bonds is 3. The molecule has 1 aromatic heterocycles. The summed E-state index contributed by atoms with van der Waals surface area (Å²) in [7, 11) is 1.71. The van der Waals surface area contributed by atoms with Crippen LogP contribution < -0.4 is 10.1 Å². The Balaban J connectivity index is 1.50. The maximum absolute atomic E-state index is 5.29. The molecule has 1 aromatic carbocycles. The zero-order valence-electron chi connectivity index (χ0n) is 12.4. The molecule has 1 atom stereocenters. The first-order chi connectivity index (χ1) is 10.3. The smallest absolute Gasteiger partial charge is 0.120 e. The fourth-order valence-corrected chi connectivity index (χ4v) is 4.68. The van der Waals surface area contributed by atoms with E-state index in [1.807, 2.05) is 6.07 Å². The summed E-state index contributed by atoms with van der Waals surface area (Å²) < 4.78 is 6.51. The number of methoxy groups -OCH3 is 1. The molecule has 1 unspecified atom stereocenters. The van der Waals surface area contributed by atoms with Crippen LogP contribution in [0.1, 0.15) is 17.8 Å².